The van der Waals surface area contributed by atoms with Crippen LogP contribution in [0.15, 0.2) is 24.3 Å². The van der Waals surface area contributed by atoms with Crippen LogP contribution in [-0.2, 0) is 9.53 Å². The van der Waals surface area contributed by atoms with Crippen molar-refractivity contribution in [3.8, 4) is 0 Å². The zero-order valence-corrected chi connectivity index (χ0v) is 11.3. The maximum absolute atomic E-state index is 12.3. The van der Waals surface area contributed by atoms with Gasteiger partial charge in [0.05, 0.1) is 13.0 Å². The topological polar surface area (TPSA) is 66.8 Å². The van der Waals surface area contributed by atoms with Crippen LogP contribution >= 0.6 is 0 Å². The van der Waals surface area contributed by atoms with Crippen molar-refractivity contribution >= 4 is 11.9 Å². The van der Waals surface area contributed by atoms with Gasteiger partial charge >= 0.3 is 5.97 Å². The first-order valence-corrected chi connectivity index (χ1v) is 6.11. The molecular weight excluding hydrogens is 246 g/mol. The van der Waals surface area contributed by atoms with Crippen LogP contribution in [-0.4, -0.2) is 48.7 Å². The molecule has 0 unspecified atom stereocenters. The number of aryl methyl sites for hydroxylation is 1. The van der Waals surface area contributed by atoms with Crippen LogP contribution < -0.4 is 0 Å². The van der Waals surface area contributed by atoms with Gasteiger partial charge in [-0.3, -0.25) is 9.59 Å². The predicted molar refractivity (Wildman–Crippen MR) is 71.2 cm³/mol. The number of carbonyl (C=O) groups is 2. The van der Waals surface area contributed by atoms with Gasteiger partial charge in [-0.1, -0.05) is 17.7 Å². The minimum absolute atomic E-state index is 0.0681. The fourth-order valence-corrected chi connectivity index (χ4v) is 1.63. The Labute approximate surface area is 112 Å². The molecule has 0 saturated heterocycles. The Morgan fingerprint density at radius 1 is 1.21 bits per heavy atom. The number of carboxylic acids is 1. The molecule has 5 nitrogen and oxygen atoms in total. The number of ether oxygens (including phenoxy) is 1. The molecule has 19 heavy (non-hydrogen) atoms. The zero-order valence-electron chi connectivity index (χ0n) is 11.3. The summed E-state index contributed by atoms with van der Waals surface area (Å²) in [5.41, 5.74) is 1.64. The zero-order chi connectivity index (χ0) is 14.3. The molecule has 0 atom stereocenters. The minimum Gasteiger partial charge on any atom is -0.481 e. The second kappa shape index (κ2) is 7.53. The lowest BCUT2D eigenvalue weighted by Gasteiger charge is -2.21. The fraction of sp³-hybridized carbons (Fsp3) is 0.429. The number of methoxy groups -OCH3 is 1. The number of aliphatic carboxylic acids is 1. The van der Waals surface area contributed by atoms with Gasteiger partial charge in [0.25, 0.3) is 5.91 Å². The number of nitrogens with zero attached hydrogens (tertiary/aromatic N) is 1. The highest BCUT2D eigenvalue weighted by Gasteiger charge is 2.16. The van der Waals surface area contributed by atoms with Gasteiger partial charge in [0.2, 0.25) is 0 Å². The number of amides is 1. The van der Waals surface area contributed by atoms with Crippen molar-refractivity contribution in [1.82, 2.24) is 4.90 Å². The van der Waals surface area contributed by atoms with Crippen molar-refractivity contribution in [1.29, 1.82) is 0 Å². The molecule has 1 amide bonds. The number of hydrogen-bond donors (Lipinski definition) is 1. The summed E-state index contributed by atoms with van der Waals surface area (Å²) in [6, 6.07) is 7.22. The normalized spacial score (nSPS) is 10.2. The lowest BCUT2D eigenvalue weighted by molar-refractivity contribution is -0.137. The van der Waals surface area contributed by atoms with Crippen LogP contribution in [0, 0.1) is 6.92 Å². The van der Waals surface area contributed by atoms with Crippen LogP contribution in [0.1, 0.15) is 22.3 Å². The number of hydrogen-bond acceptors (Lipinski definition) is 3. The average Bonchev–Trinajstić information content (AvgIpc) is 2.39. The molecular formula is C14H19NO4. The lowest BCUT2D eigenvalue weighted by Crippen LogP contribution is -2.35. The third-order valence-electron chi connectivity index (χ3n) is 2.75. The van der Waals surface area contributed by atoms with E-state index in [0.717, 1.165) is 5.56 Å². The third kappa shape index (κ3) is 5.09. The Morgan fingerprint density at radius 2 is 1.84 bits per heavy atom. The Balaban J connectivity index is 2.74. The number of carbonyl (C=O) groups excluding carboxylic acids is 1. The molecule has 0 aliphatic rings. The van der Waals surface area contributed by atoms with E-state index in [2.05, 4.69) is 0 Å². The second-order valence-corrected chi connectivity index (χ2v) is 4.29. The summed E-state index contributed by atoms with van der Waals surface area (Å²) in [6.45, 7) is 2.90. The Hall–Kier alpha value is -1.88. The first kappa shape index (κ1) is 15.2. The Bertz CT molecular complexity index is 428. The average molecular weight is 265 g/mol. The largest absolute Gasteiger partial charge is 0.481 e. The standard InChI is InChI=1S/C14H19NO4/c1-11-3-5-12(6-4-11)14(18)15(9-10-19-2)8-7-13(16)17/h3-6H,7-10H2,1-2H3,(H,16,17). The summed E-state index contributed by atoms with van der Waals surface area (Å²) >= 11 is 0. The molecule has 0 saturated carbocycles. The van der Waals surface area contributed by atoms with Gasteiger partial charge in [0.15, 0.2) is 0 Å². The number of rotatable bonds is 7. The quantitative estimate of drug-likeness (QED) is 0.812. The highest BCUT2D eigenvalue weighted by Crippen LogP contribution is 2.08. The molecule has 0 aliphatic heterocycles. The van der Waals surface area contributed by atoms with E-state index < -0.39 is 5.97 Å². The molecule has 0 heterocycles. The van der Waals surface area contributed by atoms with Crippen molar-refractivity contribution in [2.45, 2.75) is 13.3 Å². The van der Waals surface area contributed by atoms with E-state index in [-0.39, 0.29) is 18.9 Å². The van der Waals surface area contributed by atoms with E-state index >= 15 is 0 Å². The Morgan fingerprint density at radius 3 is 2.37 bits per heavy atom. The second-order valence-electron chi connectivity index (χ2n) is 4.29. The maximum atomic E-state index is 12.3. The Kier molecular flexibility index (Phi) is 6.02. The summed E-state index contributed by atoms with van der Waals surface area (Å²) in [6.07, 6.45) is -0.0681. The van der Waals surface area contributed by atoms with E-state index in [9.17, 15) is 9.59 Å². The molecule has 5 heteroatoms. The lowest BCUT2D eigenvalue weighted by atomic mass is 10.1. The molecule has 1 rings (SSSR count). The van der Waals surface area contributed by atoms with Crippen LogP contribution in [0.4, 0.5) is 0 Å². The smallest absolute Gasteiger partial charge is 0.305 e. The fourth-order valence-electron chi connectivity index (χ4n) is 1.63. The summed E-state index contributed by atoms with van der Waals surface area (Å²) in [7, 11) is 1.55. The molecule has 1 aromatic rings. The van der Waals surface area contributed by atoms with Crippen molar-refractivity contribution in [3.05, 3.63) is 35.4 Å². The van der Waals surface area contributed by atoms with Crippen molar-refractivity contribution < 1.29 is 19.4 Å². The van der Waals surface area contributed by atoms with Gasteiger partial charge in [0, 0.05) is 25.8 Å². The summed E-state index contributed by atoms with van der Waals surface area (Å²) in [5.74, 6) is -1.09. The number of carboxylic acid groups (broad SMARTS) is 1. The van der Waals surface area contributed by atoms with Crippen LogP contribution in [0.2, 0.25) is 0 Å². The molecule has 0 bridgehead atoms. The van der Waals surface area contributed by atoms with Crippen molar-refractivity contribution in [3.63, 3.8) is 0 Å². The highest BCUT2D eigenvalue weighted by molar-refractivity contribution is 5.94. The molecule has 1 aromatic carbocycles. The molecule has 0 radical (unpaired) electrons. The van der Waals surface area contributed by atoms with Crippen LogP contribution in [0.25, 0.3) is 0 Å². The van der Waals surface area contributed by atoms with Gasteiger partial charge in [-0.05, 0) is 19.1 Å². The van der Waals surface area contributed by atoms with Gasteiger partial charge in [-0.25, -0.2) is 0 Å². The molecule has 0 aromatic heterocycles. The van der Waals surface area contributed by atoms with E-state index in [0.29, 0.717) is 18.7 Å². The minimum atomic E-state index is -0.917. The maximum Gasteiger partial charge on any atom is 0.305 e. The van der Waals surface area contributed by atoms with E-state index in [1.807, 2.05) is 19.1 Å². The van der Waals surface area contributed by atoms with Gasteiger partial charge < -0.3 is 14.7 Å². The predicted octanol–water partition coefficient (Wildman–Crippen LogP) is 1.56. The van der Waals surface area contributed by atoms with Crippen LogP contribution in [0.5, 0.6) is 0 Å². The van der Waals surface area contributed by atoms with Crippen LogP contribution in [0.3, 0.4) is 0 Å². The highest BCUT2D eigenvalue weighted by atomic mass is 16.5. The van der Waals surface area contributed by atoms with E-state index in [4.69, 9.17) is 9.84 Å². The summed E-state index contributed by atoms with van der Waals surface area (Å²) < 4.78 is 4.94. The van der Waals surface area contributed by atoms with Crippen molar-refractivity contribution in [2.24, 2.45) is 0 Å². The molecule has 104 valence electrons. The van der Waals surface area contributed by atoms with E-state index in [1.54, 1.807) is 19.2 Å². The van der Waals surface area contributed by atoms with Gasteiger partial charge in [-0.15, -0.1) is 0 Å². The third-order valence-corrected chi connectivity index (χ3v) is 2.75. The molecule has 1 N–H and O–H groups in total. The summed E-state index contributed by atoms with van der Waals surface area (Å²) in [5, 5.41) is 8.71. The van der Waals surface area contributed by atoms with Crippen molar-refractivity contribution in [2.75, 3.05) is 26.8 Å². The van der Waals surface area contributed by atoms with E-state index in [1.165, 1.54) is 4.90 Å². The summed E-state index contributed by atoms with van der Waals surface area (Å²) in [4.78, 5) is 24.4. The van der Waals surface area contributed by atoms with Gasteiger partial charge in [-0.2, -0.15) is 0 Å². The molecule has 0 aliphatic carbocycles. The van der Waals surface area contributed by atoms with Gasteiger partial charge in [0.1, 0.15) is 0 Å². The molecule has 0 spiro atoms. The first-order chi connectivity index (χ1) is 9.04. The first-order valence-electron chi connectivity index (χ1n) is 6.11. The monoisotopic (exact) mass is 265 g/mol. The SMILES string of the molecule is COCCN(CCC(=O)O)C(=O)c1ccc(C)cc1. The molecule has 0 fully saturated rings. The number of benzene rings is 1.